The largest absolute Gasteiger partial charge is 0.366 e. The SMILES string of the molecule is CCN(C(=O)CSc1ccc(C(N)=O)cc1[N+](=O)[O-])c1cc(C)cc(C)c1. The van der Waals surface area contributed by atoms with Crippen molar-refractivity contribution in [2.45, 2.75) is 25.7 Å². The number of nitro groups is 1. The van der Waals surface area contributed by atoms with Crippen LogP contribution in [0, 0.1) is 24.0 Å². The Morgan fingerprint density at radius 2 is 1.78 bits per heavy atom. The summed E-state index contributed by atoms with van der Waals surface area (Å²) in [6, 6.07) is 9.90. The van der Waals surface area contributed by atoms with Crippen LogP contribution in [0.15, 0.2) is 41.3 Å². The minimum atomic E-state index is -0.738. The van der Waals surface area contributed by atoms with Crippen LogP contribution in [0.4, 0.5) is 11.4 Å². The number of amides is 2. The number of primary amides is 1. The maximum Gasteiger partial charge on any atom is 0.283 e. The van der Waals surface area contributed by atoms with Crippen molar-refractivity contribution in [2.24, 2.45) is 5.73 Å². The van der Waals surface area contributed by atoms with Crippen molar-refractivity contribution in [1.82, 2.24) is 0 Å². The first-order valence-corrected chi connectivity index (χ1v) is 9.31. The Kier molecular flexibility index (Phi) is 6.57. The maximum atomic E-state index is 12.7. The Bertz CT molecular complexity index is 878. The van der Waals surface area contributed by atoms with Gasteiger partial charge in [0, 0.05) is 23.9 Å². The van der Waals surface area contributed by atoms with Gasteiger partial charge >= 0.3 is 0 Å². The fraction of sp³-hybridized carbons (Fsp3) is 0.263. The summed E-state index contributed by atoms with van der Waals surface area (Å²) in [4.78, 5) is 36.6. The van der Waals surface area contributed by atoms with Gasteiger partial charge in [0.15, 0.2) is 0 Å². The predicted molar refractivity (Wildman–Crippen MR) is 106 cm³/mol. The molecule has 0 spiro atoms. The number of hydrogen-bond donors (Lipinski definition) is 1. The van der Waals surface area contributed by atoms with Crippen molar-refractivity contribution >= 4 is 35.0 Å². The lowest BCUT2D eigenvalue weighted by Crippen LogP contribution is -2.32. The number of nitro benzene ring substituents is 1. The minimum absolute atomic E-state index is 0.0393. The second-order valence-electron chi connectivity index (χ2n) is 6.08. The highest BCUT2D eigenvalue weighted by Crippen LogP contribution is 2.31. The lowest BCUT2D eigenvalue weighted by atomic mass is 10.1. The van der Waals surface area contributed by atoms with Crippen molar-refractivity contribution in [2.75, 3.05) is 17.2 Å². The van der Waals surface area contributed by atoms with Crippen LogP contribution in [-0.4, -0.2) is 29.0 Å². The highest BCUT2D eigenvalue weighted by atomic mass is 32.2. The first-order chi connectivity index (χ1) is 12.7. The molecule has 0 bridgehead atoms. The second kappa shape index (κ2) is 8.68. The van der Waals surface area contributed by atoms with E-state index in [0.717, 1.165) is 34.6 Å². The van der Waals surface area contributed by atoms with Crippen molar-refractivity contribution in [1.29, 1.82) is 0 Å². The number of anilines is 1. The molecule has 0 fully saturated rings. The number of thioether (sulfide) groups is 1. The molecular formula is C19H21N3O4S. The lowest BCUT2D eigenvalue weighted by molar-refractivity contribution is -0.387. The third-order valence-electron chi connectivity index (χ3n) is 3.93. The summed E-state index contributed by atoms with van der Waals surface area (Å²) in [5.74, 6) is -0.851. The summed E-state index contributed by atoms with van der Waals surface area (Å²) in [7, 11) is 0. The predicted octanol–water partition coefficient (Wildman–Crippen LogP) is 3.46. The zero-order valence-corrected chi connectivity index (χ0v) is 16.2. The Hall–Kier alpha value is -2.87. The zero-order valence-electron chi connectivity index (χ0n) is 15.4. The summed E-state index contributed by atoms with van der Waals surface area (Å²) in [5, 5.41) is 11.3. The first kappa shape index (κ1) is 20.4. The highest BCUT2D eigenvalue weighted by Gasteiger charge is 2.20. The number of nitrogens with two attached hydrogens (primary N) is 1. The van der Waals surface area contributed by atoms with E-state index in [-0.39, 0.29) is 22.9 Å². The molecule has 0 aliphatic rings. The molecule has 0 aliphatic carbocycles. The number of rotatable bonds is 7. The van der Waals surface area contributed by atoms with Gasteiger partial charge in [0.25, 0.3) is 5.69 Å². The topological polar surface area (TPSA) is 107 Å². The average Bonchev–Trinajstić information content (AvgIpc) is 2.59. The van der Waals surface area contributed by atoms with E-state index in [4.69, 9.17) is 5.73 Å². The Morgan fingerprint density at radius 3 is 2.30 bits per heavy atom. The molecule has 0 aliphatic heterocycles. The van der Waals surface area contributed by atoms with Crippen molar-refractivity contribution in [3.8, 4) is 0 Å². The second-order valence-corrected chi connectivity index (χ2v) is 7.09. The number of nitrogens with zero attached hydrogens (tertiary/aromatic N) is 2. The summed E-state index contributed by atoms with van der Waals surface area (Å²) in [6.45, 7) is 6.30. The van der Waals surface area contributed by atoms with Gasteiger partial charge in [0.05, 0.1) is 15.6 Å². The molecule has 0 aromatic heterocycles. The van der Waals surface area contributed by atoms with Crippen LogP contribution in [0.25, 0.3) is 0 Å². The molecule has 2 rings (SSSR count). The van der Waals surface area contributed by atoms with Crippen LogP contribution in [0.3, 0.4) is 0 Å². The van der Waals surface area contributed by atoms with Gasteiger partial charge in [-0.2, -0.15) is 0 Å². The van der Waals surface area contributed by atoms with Crippen LogP contribution in [0.2, 0.25) is 0 Å². The number of hydrogen-bond acceptors (Lipinski definition) is 5. The molecular weight excluding hydrogens is 366 g/mol. The number of aryl methyl sites for hydroxylation is 2. The molecule has 0 radical (unpaired) electrons. The number of benzene rings is 2. The summed E-state index contributed by atoms with van der Waals surface area (Å²) in [5.41, 5.74) is 7.91. The molecule has 0 unspecified atom stereocenters. The van der Waals surface area contributed by atoms with Crippen LogP contribution in [-0.2, 0) is 4.79 Å². The summed E-state index contributed by atoms with van der Waals surface area (Å²) < 4.78 is 0. The normalized spacial score (nSPS) is 10.5. The molecule has 2 N–H and O–H groups in total. The van der Waals surface area contributed by atoms with E-state index in [2.05, 4.69) is 0 Å². The molecule has 0 saturated carbocycles. The monoisotopic (exact) mass is 387 g/mol. The van der Waals surface area contributed by atoms with Crippen LogP contribution >= 0.6 is 11.8 Å². The van der Waals surface area contributed by atoms with Gasteiger partial charge in [-0.05, 0) is 56.2 Å². The van der Waals surface area contributed by atoms with E-state index in [9.17, 15) is 19.7 Å². The average molecular weight is 387 g/mol. The smallest absolute Gasteiger partial charge is 0.283 e. The molecule has 0 saturated heterocycles. The van der Waals surface area contributed by atoms with Crippen LogP contribution < -0.4 is 10.6 Å². The molecule has 0 atom stereocenters. The lowest BCUT2D eigenvalue weighted by Gasteiger charge is -2.22. The molecule has 2 aromatic carbocycles. The van der Waals surface area contributed by atoms with Gasteiger partial charge < -0.3 is 10.6 Å². The van der Waals surface area contributed by atoms with Crippen molar-refractivity contribution < 1.29 is 14.5 Å². The fourth-order valence-corrected chi connectivity index (χ4v) is 3.64. The highest BCUT2D eigenvalue weighted by molar-refractivity contribution is 8.00. The van der Waals surface area contributed by atoms with E-state index in [1.54, 1.807) is 4.90 Å². The van der Waals surface area contributed by atoms with Gasteiger partial charge in [-0.3, -0.25) is 19.7 Å². The fourth-order valence-electron chi connectivity index (χ4n) is 2.76. The molecule has 27 heavy (non-hydrogen) atoms. The molecule has 8 heteroatoms. The number of carbonyl (C=O) groups excluding carboxylic acids is 2. The van der Waals surface area contributed by atoms with E-state index in [1.807, 2.05) is 39.0 Å². The van der Waals surface area contributed by atoms with E-state index < -0.39 is 10.8 Å². The van der Waals surface area contributed by atoms with E-state index in [1.165, 1.54) is 12.1 Å². The quantitative estimate of drug-likeness (QED) is 0.445. The van der Waals surface area contributed by atoms with E-state index >= 15 is 0 Å². The van der Waals surface area contributed by atoms with Gasteiger partial charge in [0.1, 0.15) is 0 Å². The molecule has 7 nitrogen and oxygen atoms in total. The van der Waals surface area contributed by atoms with Gasteiger partial charge in [-0.25, -0.2) is 0 Å². The van der Waals surface area contributed by atoms with Gasteiger partial charge in [-0.15, -0.1) is 11.8 Å². The van der Waals surface area contributed by atoms with Crippen LogP contribution in [0.5, 0.6) is 0 Å². The molecule has 0 heterocycles. The standard InChI is InChI=1S/C19H21N3O4S/c1-4-21(15-8-12(2)7-13(3)9-15)18(23)11-27-17-6-5-14(19(20)24)10-16(17)22(25)26/h5-10H,4,11H2,1-3H3,(H2,20,24). The van der Waals surface area contributed by atoms with E-state index in [0.29, 0.717) is 11.4 Å². The maximum absolute atomic E-state index is 12.7. The zero-order chi connectivity index (χ0) is 20.1. The van der Waals surface area contributed by atoms with Crippen LogP contribution in [0.1, 0.15) is 28.4 Å². The molecule has 142 valence electrons. The third kappa shape index (κ3) is 5.07. The molecule has 2 aromatic rings. The van der Waals surface area contributed by atoms with Gasteiger partial charge in [-0.1, -0.05) is 6.07 Å². The third-order valence-corrected chi connectivity index (χ3v) is 4.97. The Labute approximate surface area is 161 Å². The summed E-state index contributed by atoms with van der Waals surface area (Å²) in [6.07, 6.45) is 0. The molecule has 2 amide bonds. The minimum Gasteiger partial charge on any atom is -0.366 e. The van der Waals surface area contributed by atoms with Crippen molar-refractivity contribution in [3.05, 3.63) is 63.2 Å². The van der Waals surface area contributed by atoms with Crippen molar-refractivity contribution in [3.63, 3.8) is 0 Å². The summed E-state index contributed by atoms with van der Waals surface area (Å²) >= 11 is 1.07. The van der Waals surface area contributed by atoms with Gasteiger partial charge in [0.2, 0.25) is 11.8 Å². The first-order valence-electron chi connectivity index (χ1n) is 8.32. The Morgan fingerprint density at radius 1 is 1.15 bits per heavy atom. The Balaban J connectivity index is 2.20. The number of carbonyl (C=O) groups is 2.